The lowest BCUT2D eigenvalue weighted by Gasteiger charge is -2.13. The average molecular weight is 324 g/mol. The number of rotatable bonds is 5. The summed E-state index contributed by atoms with van der Waals surface area (Å²) >= 11 is 0. The predicted molar refractivity (Wildman–Crippen MR) is 89.5 cm³/mol. The van der Waals surface area contributed by atoms with E-state index in [0.29, 0.717) is 11.1 Å². The molecule has 0 aliphatic heterocycles. The zero-order chi connectivity index (χ0) is 16.9. The molecule has 1 amide bonds. The number of nitrogens with zero attached hydrogens (tertiary/aromatic N) is 1. The molecular formula is C19H17FN2O2. The number of amides is 1. The van der Waals surface area contributed by atoms with E-state index < -0.39 is 6.10 Å². The summed E-state index contributed by atoms with van der Waals surface area (Å²) in [5.74, 6) is -0.637. The number of benzene rings is 2. The molecule has 24 heavy (non-hydrogen) atoms. The highest BCUT2D eigenvalue weighted by molar-refractivity contribution is 5.94. The summed E-state index contributed by atoms with van der Waals surface area (Å²) < 4.78 is 14.8. The fraction of sp³-hybridized carbons (Fsp3) is 0.105. The fourth-order valence-electron chi connectivity index (χ4n) is 2.41. The van der Waals surface area contributed by atoms with Gasteiger partial charge in [0.2, 0.25) is 0 Å². The zero-order valence-corrected chi connectivity index (χ0v) is 12.9. The molecule has 5 heteroatoms. The molecule has 0 aliphatic carbocycles. The standard InChI is InChI=1S/C19H17FN2O2/c20-16-8-6-14(7-9-16)18(23)13-21-19(24)15-4-3-5-17(12-15)22-10-1-2-11-22/h1-12,18,23H,13H2,(H,21,24). The number of aliphatic hydroxyl groups is 1. The van der Waals surface area contributed by atoms with E-state index in [1.165, 1.54) is 24.3 Å². The largest absolute Gasteiger partial charge is 0.387 e. The van der Waals surface area contributed by atoms with Gasteiger partial charge in [-0.1, -0.05) is 18.2 Å². The Bertz CT molecular complexity index is 814. The molecule has 1 atom stereocenters. The van der Waals surface area contributed by atoms with E-state index in [2.05, 4.69) is 5.32 Å². The molecule has 0 radical (unpaired) electrons. The Kier molecular flexibility index (Phi) is 4.72. The Morgan fingerprint density at radius 2 is 1.79 bits per heavy atom. The first-order valence-corrected chi connectivity index (χ1v) is 7.58. The van der Waals surface area contributed by atoms with Gasteiger partial charge in [0.05, 0.1) is 6.10 Å². The van der Waals surface area contributed by atoms with E-state index in [9.17, 15) is 14.3 Å². The smallest absolute Gasteiger partial charge is 0.251 e. The van der Waals surface area contributed by atoms with Crippen LogP contribution in [0.25, 0.3) is 5.69 Å². The number of hydrogen-bond donors (Lipinski definition) is 2. The summed E-state index contributed by atoms with van der Waals surface area (Å²) in [5.41, 5.74) is 1.94. The first kappa shape index (κ1) is 16.0. The maximum Gasteiger partial charge on any atom is 0.251 e. The molecule has 3 rings (SSSR count). The van der Waals surface area contributed by atoms with Crippen molar-refractivity contribution in [1.29, 1.82) is 0 Å². The molecule has 0 fully saturated rings. The van der Waals surface area contributed by atoms with Crippen molar-refractivity contribution in [3.8, 4) is 5.69 Å². The topological polar surface area (TPSA) is 54.3 Å². The van der Waals surface area contributed by atoms with Crippen LogP contribution in [0.1, 0.15) is 22.0 Å². The molecule has 0 saturated carbocycles. The van der Waals surface area contributed by atoms with E-state index in [0.717, 1.165) is 5.69 Å². The second-order valence-electron chi connectivity index (χ2n) is 5.42. The minimum atomic E-state index is -0.887. The quantitative estimate of drug-likeness (QED) is 0.758. The van der Waals surface area contributed by atoms with Crippen molar-refractivity contribution < 1.29 is 14.3 Å². The molecule has 2 aromatic carbocycles. The van der Waals surface area contributed by atoms with Crippen LogP contribution in [0.5, 0.6) is 0 Å². The molecule has 2 N–H and O–H groups in total. The molecule has 0 aliphatic rings. The van der Waals surface area contributed by atoms with Crippen LogP contribution in [-0.4, -0.2) is 22.1 Å². The summed E-state index contributed by atoms with van der Waals surface area (Å²) in [6.07, 6.45) is 2.91. The van der Waals surface area contributed by atoms with Gasteiger partial charge in [-0.25, -0.2) is 4.39 Å². The number of nitrogens with one attached hydrogen (secondary N) is 1. The van der Waals surface area contributed by atoms with Crippen LogP contribution < -0.4 is 5.32 Å². The van der Waals surface area contributed by atoms with Crippen molar-refractivity contribution in [3.05, 3.63) is 90.0 Å². The number of aliphatic hydroxyl groups excluding tert-OH is 1. The maximum absolute atomic E-state index is 12.9. The Hall–Kier alpha value is -2.92. The van der Waals surface area contributed by atoms with Crippen LogP contribution in [-0.2, 0) is 0 Å². The summed E-state index contributed by atoms with van der Waals surface area (Å²) in [4.78, 5) is 12.3. The van der Waals surface area contributed by atoms with Crippen LogP contribution >= 0.6 is 0 Å². The summed E-state index contributed by atoms with van der Waals surface area (Å²) in [5, 5.41) is 12.8. The third-order valence-electron chi connectivity index (χ3n) is 3.72. The number of carbonyl (C=O) groups excluding carboxylic acids is 1. The van der Waals surface area contributed by atoms with Crippen molar-refractivity contribution in [3.63, 3.8) is 0 Å². The Balaban J connectivity index is 1.65. The van der Waals surface area contributed by atoms with Crippen molar-refractivity contribution in [2.24, 2.45) is 0 Å². The van der Waals surface area contributed by atoms with Gasteiger partial charge in [0.15, 0.2) is 0 Å². The SMILES string of the molecule is O=C(NCC(O)c1ccc(F)cc1)c1cccc(-n2cccc2)c1. The van der Waals surface area contributed by atoms with Gasteiger partial charge < -0.3 is 15.0 Å². The van der Waals surface area contributed by atoms with Crippen molar-refractivity contribution in [2.75, 3.05) is 6.54 Å². The van der Waals surface area contributed by atoms with E-state index in [4.69, 9.17) is 0 Å². The lowest BCUT2D eigenvalue weighted by atomic mass is 10.1. The zero-order valence-electron chi connectivity index (χ0n) is 12.9. The molecule has 1 aromatic heterocycles. The van der Waals surface area contributed by atoms with Crippen molar-refractivity contribution >= 4 is 5.91 Å². The Morgan fingerprint density at radius 3 is 2.50 bits per heavy atom. The van der Waals surface area contributed by atoms with E-state index in [1.54, 1.807) is 18.2 Å². The van der Waals surface area contributed by atoms with Crippen molar-refractivity contribution in [1.82, 2.24) is 9.88 Å². The van der Waals surface area contributed by atoms with Crippen molar-refractivity contribution in [2.45, 2.75) is 6.10 Å². The molecule has 0 saturated heterocycles. The second-order valence-corrected chi connectivity index (χ2v) is 5.42. The molecule has 122 valence electrons. The molecule has 3 aromatic rings. The first-order chi connectivity index (χ1) is 11.6. The maximum atomic E-state index is 12.9. The third-order valence-corrected chi connectivity index (χ3v) is 3.72. The third kappa shape index (κ3) is 3.70. The highest BCUT2D eigenvalue weighted by atomic mass is 19.1. The Morgan fingerprint density at radius 1 is 1.08 bits per heavy atom. The molecular weight excluding hydrogens is 307 g/mol. The normalized spacial score (nSPS) is 11.9. The van der Waals surface area contributed by atoms with Gasteiger partial charge in [0, 0.05) is 30.2 Å². The van der Waals surface area contributed by atoms with Gasteiger partial charge in [0.25, 0.3) is 5.91 Å². The number of aromatic nitrogens is 1. The molecule has 0 bridgehead atoms. The molecule has 4 nitrogen and oxygen atoms in total. The van der Waals surface area contributed by atoms with Gasteiger partial charge >= 0.3 is 0 Å². The second kappa shape index (κ2) is 7.10. The van der Waals surface area contributed by atoms with Gasteiger partial charge in [-0.15, -0.1) is 0 Å². The van der Waals surface area contributed by atoms with E-state index in [-0.39, 0.29) is 18.3 Å². The van der Waals surface area contributed by atoms with E-state index in [1.807, 2.05) is 35.2 Å². The van der Waals surface area contributed by atoms with Crippen LogP contribution in [0.4, 0.5) is 4.39 Å². The van der Waals surface area contributed by atoms with E-state index >= 15 is 0 Å². The Labute approximate surface area is 139 Å². The van der Waals surface area contributed by atoms with Gasteiger partial charge in [-0.3, -0.25) is 4.79 Å². The first-order valence-electron chi connectivity index (χ1n) is 7.58. The molecule has 0 spiro atoms. The van der Waals surface area contributed by atoms with Gasteiger partial charge in [-0.2, -0.15) is 0 Å². The number of halogens is 1. The molecule has 1 unspecified atom stereocenters. The fourth-order valence-corrected chi connectivity index (χ4v) is 2.41. The van der Waals surface area contributed by atoms with Crippen LogP contribution in [0, 0.1) is 5.82 Å². The molecule has 1 heterocycles. The lowest BCUT2D eigenvalue weighted by molar-refractivity contribution is 0.0916. The minimum Gasteiger partial charge on any atom is -0.387 e. The monoisotopic (exact) mass is 324 g/mol. The summed E-state index contributed by atoms with van der Waals surface area (Å²) in [7, 11) is 0. The van der Waals surface area contributed by atoms with Crippen LogP contribution in [0.2, 0.25) is 0 Å². The minimum absolute atomic E-state index is 0.0538. The lowest BCUT2D eigenvalue weighted by Crippen LogP contribution is -2.28. The summed E-state index contributed by atoms with van der Waals surface area (Å²) in [6.45, 7) is 0.0538. The predicted octanol–water partition coefficient (Wildman–Crippen LogP) is 3.08. The number of hydrogen-bond acceptors (Lipinski definition) is 2. The van der Waals surface area contributed by atoms with Crippen LogP contribution in [0.3, 0.4) is 0 Å². The average Bonchev–Trinajstić information content (AvgIpc) is 3.15. The highest BCUT2D eigenvalue weighted by Crippen LogP contribution is 2.14. The summed E-state index contributed by atoms with van der Waals surface area (Å²) in [6, 6.07) is 16.6. The van der Waals surface area contributed by atoms with Crippen LogP contribution in [0.15, 0.2) is 73.1 Å². The van der Waals surface area contributed by atoms with Gasteiger partial charge in [0.1, 0.15) is 5.82 Å². The highest BCUT2D eigenvalue weighted by Gasteiger charge is 2.11. The number of carbonyl (C=O) groups is 1. The van der Waals surface area contributed by atoms with Gasteiger partial charge in [-0.05, 0) is 48.0 Å².